The van der Waals surface area contributed by atoms with Crippen LogP contribution in [-0.2, 0) is 11.0 Å². The molecule has 1 fully saturated rings. The molecule has 1 saturated heterocycles. The van der Waals surface area contributed by atoms with E-state index in [4.69, 9.17) is 0 Å². The lowest BCUT2D eigenvalue weighted by atomic mass is 10.2. The van der Waals surface area contributed by atoms with E-state index < -0.39 is 11.7 Å². The maximum absolute atomic E-state index is 12.5. The van der Waals surface area contributed by atoms with Crippen LogP contribution in [0.4, 0.5) is 18.9 Å². The molecule has 0 atom stereocenters. The number of hydrogen-bond donors (Lipinski definition) is 1. The highest BCUT2D eigenvalue weighted by atomic mass is 19.4. The van der Waals surface area contributed by atoms with Crippen molar-refractivity contribution >= 4 is 11.6 Å². The van der Waals surface area contributed by atoms with E-state index in [9.17, 15) is 18.0 Å². The highest BCUT2D eigenvalue weighted by Gasteiger charge is 2.30. The van der Waals surface area contributed by atoms with Crippen molar-refractivity contribution in [3.05, 3.63) is 29.8 Å². The van der Waals surface area contributed by atoms with Crippen LogP contribution in [0.5, 0.6) is 0 Å². The lowest BCUT2D eigenvalue weighted by Crippen LogP contribution is -2.49. The highest BCUT2D eigenvalue weighted by molar-refractivity contribution is 5.81. The van der Waals surface area contributed by atoms with E-state index in [-0.39, 0.29) is 12.5 Å². The molecule has 1 aliphatic rings. The van der Waals surface area contributed by atoms with Gasteiger partial charge in [-0.2, -0.15) is 13.2 Å². The fourth-order valence-electron chi connectivity index (χ4n) is 2.21. The Labute approximate surface area is 121 Å². The zero-order valence-electron chi connectivity index (χ0n) is 11.8. The lowest BCUT2D eigenvalue weighted by Gasteiger charge is -2.29. The molecule has 0 saturated carbocycles. The van der Waals surface area contributed by atoms with Gasteiger partial charge in [-0.1, -0.05) is 0 Å². The van der Waals surface area contributed by atoms with Gasteiger partial charge in [-0.15, -0.1) is 0 Å². The summed E-state index contributed by atoms with van der Waals surface area (Å²) < 4.78 is 37.5. The Morgan fingerprint density at radius 2 is 1.81 bits per heavy atom. The molecule has 0 aliphatic carbocycles. The number of anilines is 1. The van der Waals surface area contributed by atoms with Gasteiger partial charge in [-0.25, -0.2) is 0 Å². The minimum Gasteiger partial charge on any atom is -0.365 e. The van der Waals surface area contributed by atoms with Gasteiger partial charge in [0.1, 0.15) is 0 Å². The van der Waals surface area contributed by atoms with Gasteiger partial charge >= 0.3 is 6.18 Å². The van der Waals surface area contributed by atoms with Crippen molar-refractivity contribution in [2.24, 2.45) is 0 Å². The van der Waals surface area contributed by atoms with Crippen molar-refractivity contribution < 1.29 is 18.0 Å². The number of nitrogens with one attached hydrogen (secondary N) is 1. The standard InChI is InChI=1S/C14H18F3N3O/c1-19(10-13(21)20-8-6-18-7-9-20)12-4-2-11(3-5-12)14(15,16)17/h2-5,18H,6-10H2,1H3. The molecule has 0 aromatic heterocycles. The third kappa shape index (κ3) is 4.10. The molecule has 2 rings (SSSR count). The number of rotatable bonds is 3. The average molecular weight is 301 g/mol. The second-order valence-corrected chi connectivity index (χ2v) is 5.03. The van der Waals surface area contributed by atoms with Gasteiger partial charge in [0, 0.05) is 38.9 Å². The summed E-state index contributed by atoms with van der Waals surface area (Å²) in [6.07, 6.45) is -4.34. The van der Waals surface area contributed by atoms with Gasteiger partial charge in [0.2, 0.25) is 5.91 Å². The molecule has 21 heavy (non-hydrogen) atoms. The van der Waals surface area contributed by atoms with Crippen LogP contribution in [0.1, 0.15) is 5.56 Å². The molecule has 1 heterocycles. The van der Waals surface area contributed by atoms with Crippen LogP contribution in [0.3, 0.4) is 0 Å². The monoisotopic (exact) mass is 301 g/mol. The van der Waals surface area contributed by atoms with E-state index in [1.165, 1.54) is 12.1 Å². The molecule has 4 nitrogen and oxygen atoms in total. The van der Waals surface area contributed by atoms with Gasteiger partial charge in [-0.05, 0) is 24.3 Å². The number of halogens is 3. The van der Waals surface area contributed by atoms with Gasteiger partial charge < -0.3 is 15.1 Å². The fourth-order valence-corrected chi connectivity index (χ4v) is 2.21. The number of carbonyl (C=O) groups is 1. The summed E-state index contributed by atoms with van der Waals surface area (Å²) in [6.45, 7) is 3.04. The Morgan fingerprint density at radius 1 is 1.24 bits per heavy atom. The molecule has 1 aromatic carbocycles. The normalized spacial score (nSPS) is 15.9. The van der Waals surface area contributed by atoms with Crippen molar-refractivity contribution in [1.82, 2.24) is 10.2 Å². The van der Waals surface area contributed by atoms with Crippen molar-refractivity contribution in [2.75, 3.05) is 44.7 Å². The average Bonchev–Trinajstić information content (AvgIpc) is 2.47. The molecule has 116 valence electrons. The highest BCUT2D eigenvalue weighted by Crippen LogP contribution is 2.30. The zero-order valence-corrected chi connectivity index (χ0v) is 11.8. The fraction of sp³-hybridized carbons (Fsp3) is 0.500. The first-order valence-corrected chi connectivity index (χ1v) is 6.75. The van der Waals surface area contributed by atoms with Crippen LogP contribution in [0, 0.1) is 0 Å². The molecular weight excluding hydrogens is 283 g/mol. The van der Waals surface area contributed by atoms with Crippen LogP contribution in [0.25, 0.3) is 0 Å². The van der Waals surface area contributed by atoms with Gasteiger partial charge in [-0.3, -0.25) is 4.79 Å². The smallest absolute Gasteiger partial charge is 0.365 e. The van der Waals surface area contributed by atoms with Crippen LogP contribution >= 0.6 is 0 Å². The Balaban J connectivity index is 1.96. The lowest BCUT2D eigenvalue weighted by molar-refractivity contribution is -0.137. The van der Waals surface area contributed by atoms with E-state index >= 15 is 0 Å². The SMILES string of the molecule is CN(CC(=O)N1CCNCC1)c1ccc(C(F)(F)F)cc1. The molecule has 1 aromatic rings. The van der Waals surface area contributed by atoms with Gasteiger partial charge in [0.25, 0.3) is 0 Å². The van der Waals surface area contributed by atoms with E-state index in [0.29, 0.717) is 18.8 Å². The maximum Gasteiger partial charge on any atom is 0.416 e. The first-order valence-electron chi connectivity index (χ1n) is 6.75. The predicted octanol–water partition coefficient (Wildman–Crippen LogP) is 1.57. The first-order chi connectivity index (χ1) is 9.88. The zero-order chi connectivity index (χ0) is 15.5. The number of benzene rings is 1. The topological polar surface area (TPSA) is 35.6 Å². The minimum absolute atomic E-state index is 0.0149. The molecule has 1 aliphatic heterocycles. The Hall–Kier alpha value is -1.76. The van der Waals surface area contributed by atoms with E-state index in [2.05, 4.69) is 5.32 Å². The Bertz CT molecular complexity index is 481. The van der Waals surface area contributed by atoms with Gasteiger partial charge in [0.15, 0.2) is 0 Å². The van der Waals surface area contributed by atoms with Crippen molar-refractivity contribution in [3.63, 3.8) is 0 Å². The maximum atomic E-state index is 12.5. The number of amides is 1. The summed E-state index contributed by atoms with van der Waals surface area (Å²) in [7, 11) is 1.70. The van der Waals surface area contributed by atoms with Crippen LogP contribution in [0.15, 0.2) is 24.3 Å². The molecule has 0 radical (unpaired) electrons. The molecule has 1 amide bonds. The van der Waals surface area contributed by atoms with Crippen molar-refractivity contribution in [1.29, 1.82) is 0 Å². The predicted molar refractivity (Wildman–Crippen MR) is 74.2 cm³/mol. The summed E-state index contributed by atoms with van der Waals surface area (Å²) in [6, 6.07) is 4.82. The van der Waals surface area contributed by atoms with Gasteiger partial charge in [0.05, 0.1) is 12.1 Å². The van der Waals surface area contributed by atoms with Crippen LogP contribution < -0.4 is 10.2 Å². The number of piperazine rings is 1. The largest absolute Gasteiger partial charge is 0.416 e. The van der Waals surface area contributed by atoms with E-state index in [0.717, 1.165) is 25.2 Å². The molecule has 7 heteroatoms. The minimum atomic E-state index is -4.34. The molecule has 0 unspecified atom stereocenters. The second-order valence-electron chi connectivity index (χ2n) is 5.03. The number of nitrogens with zero attached hydrogens (tertiary/aromatic N) is 2. The summed E-state index contributed by atoms with van der Waals surface area (Å²) in [5.74, 6) is -0.0149. The summed E-state index contributed by atoms with van der Waals surface area (Å²) in [5, 5.41) is 3.16. The third-order valence-corrected chi connectivity index (χ3v) is 3.48. The Morgan fingerprint density at radius 3 is 2.33 bits per heavy atom. The van der Waals surface area contributed by atoms with E-state index in [1.54, 1.807) is 16.8 Å². The number of alkyl halides is 3. The summed E-state index contributed by atoms with van der Waals surface area (Å²) in [4.78, 5) is 15.5. The summed E-state index contributed by atoms with van der Waals surface area (Å²) in [5.41, 5.74) is -0.0976. The molecule has 1 N–H and O–H groups in total. The van der Waals surface area contributed by atoms with Crippen LogP contribution in [-0.4, -0.2) is 50.6 Å². The van der Waals surface area contributed by atoms with Crippen molar-refractivity contribution in [3.8, 4) is 0 Å². The van der Waals surface area contributed by atoms with Crippen molar-refractivity contribution in [2.45, 2.75) is 6.18 Å². The molecule has 0 bridgehead atoms. The Kier molecular flexibility index (Phi) is 4.72. The second kappa shape index (κ2) is 6.34. The molecule has 0 spiro atoms. The first kappa shape index (κ1) is 15.6. The third-order valence-electron chi connectivity index (χ3n) is 3.48. The quantitative estimate of drug-likeness (QED) is 0.920. The molecular formula is C14H18F3N3O. The van der Waals surface area contributed by atoms with E-state index in [1.807, 2.05) is 0 Å². The number of likely N-dealkylation sites (N-methyl/N-ethyl adjacent to an activating group) is 1. The van der Waals surface area contributed by atoms with Crippen LogP contribution in [0.2, 0.25) is 0 Å². The number of hydrogen-bond acceptors (Lipinski definition) is 3. The number of carbonyl (C=O) groups excluding carboxylic acids is 1. The summed E-state index contributed by atoms with van der Waals surface area (Å²) >= 11 is 0.